The van der Waals surface area contributed by atoms with Gasteiger partial charge in [0.05, 0.1) is 22.3 Å². The number of hydrogen-bond acceptors (Lipinski definition) is 6. The summed E-state index contributed by atoms with van der Waals surface area (Å²) in [6.45, 7) is -0.241. The third kappa shape index (κ3) is 5.87. The summed E-state index contributed by atoms with van der Waals surface area (Å²) in [5, 5.41) is 15.4. The molecule has 0 radical (unpaired) electrons. The SMILES string of the molecule is COC(=O)COc1c(Br)cc(C=NNC(=O)C(O)(c2ccccc2)c2ccccc2)cc1Br. The predicted octanol–water partition coefficient (Wildman–Crippen LogP) is 4.15. The average molecular weight is 576 g/mol. The van der Waals surface area contributed by atoms with E-state index in [0.717, 1.165) is 0 Å². The van der Waals surface area contributed by atoms with Gasteiger partial charge in [-0.05, 0) is 60.7 Å². The molecule has 9 heteroatoms. The van der Waals surface area contributed by atoms with Crippen molar-refractivity contribution in [2.75, 3.05) is 13.7 Å². The maximum Gasteiger partial charge on any atom is 0.343 e. The molecular weight excluding hydrogens is 556 g/mol. The molecule has 0 unspecified atom stereocenters. The molecule has 0 saturated heterocycles. The van der Waals surface area contributed by atoms with Gasteiger partial charge < -0.3 is 14.6 Å². The molecule has 3 aromatic rings. The number of hydrazone groups is 1. The van der Waals surface area contributed by atoms with Crippen LogP contribution in [0.3, 0.4) is 0 Å². The minimum atomic E-state index is -1.92. The zero-order chi connectivity index (χ0) is 23.8. The van der Waals surface area contributed by atoms with Crippen LogP contribution in [0.4, 0.5) is 0 Å². The Kier molecular flexibility index (Phi) is 8.37. The van der Waals surface area contributed by atoms with Crippen LogP contribution in [0.1, 0.15) is 16.7 Å². The monoisotopic (exact) mass is 574 g/mol. The van der Waals surface area contributed by atoms with Crippen molar-refractivity contribution in [2.24, 2.45) is 5.10 Å². The van der Waals surface area contributed by atoms with Gasteiger partial charge in [-0.3, -0.25) is 4.79 Å². The molecule has 33 heavy (non-hydrogen) atoms. The van der Waals surface area contributed by atoms with Crippen molar-refractivity contribution in [1.82, 2.24) is 5.43 Å². The van der Waals surface area contributed by atoms with E-state index < -0.39 is 17.5 Å². The first-order valence-corrected chi connectivity index (χ1v) is 11.3. The summed E-state index contributed by atoms with van der Waals surface area (Å²) in [6, 6.07) is 20.7. The second-order valence-corrected chi connectivity index (χ2v) is 8.53. The van der Waals surface area contributed by atoms with Crippen molar-refractivity contribution in [1.29, 1.82) is 0 Å². The van der Waals surface area contributed by atoms with Gasteiger partial charge in [-0.1, -0.05) is 60.7 Å². The number of nitrogens with zero attached hydrogens (tertiary/aromatic N) is 1. The maximum atomic E-state index is 13.1. The first-order chi connectivity index (χ1) is 15.9. The quantitative estimate of drug-likeness (QED) is 0.239. The number of aliphatic hydroxyl groups is 1. The highest BCUT2D eigenvalue weighted by Crippen LogP contribution is 2.34. The Bertz CT molecular complexity index is 1090. The molecule has 0 aliphatic rings. The van der Waals surface area contributed by atoms with Crippen molar-refractivity contribution in [3.63, 3.8) is 0 Å². The number of carbonyl (C=O) groups is 2. The molecule has 0 atom stereocenters. The number of nitrogens with one attached hydrogen (secondary N) is 1. The smallest absolute Gasteiger partial charge is 0.343 e. The normalized spacial score (nSPS) is 11.3. The first kappa shape index (κ1) is 24.6. The van der Waals surface area contributed by atoms with Gasteiger partial charge in [0.1, 0.15) is 5.75 Å². The Balaban J connectivity index is 1.80. The highest BCUT2D eigenvalue weighted by atomic mass is 79.9. The first-order valence-electron chi connectivity index (χ1n) is 9.72. The predicted molar refractivity (Wildman–Crippen MR) is 131 cm³/mol. The fourth-order valence-corrected chi connectivity index (χ4v) is 4.47. The van der Waals surface area contributed by atoms with E-state index in [9.17, 15) is 14.7 Å². The van der Waals surface area contributed by atoms with Crippen LogP contribution in [0.15, 0.2) is 86.8 Å². The lowest BCUT2D eigenvalue weighted by molar-refractivity contribution is -0.143. The third-order valence-electron chi connectivity index (χ3n) is 4.67. The Labute approximate surface area is 207 Å². The lowest BCUT2D eigenvalue weighted by atomic mass is 9.85. The lowest BCUT2D eigenvalue weighted by Crippen LogP contribution is -2.43. The number of methoxy groups -OCH3 is 1. The van der Waals surface area contributed by atoms with Crippen molar-refractivity contribution in [3.05, 3.63) is 98.4 Å². The molecule has 170 valence electrons. The third-order valence-corrected chi connectivity index (χ3v) is 5.85. The molecular formula is C24H20Br2N2O5. The van der Waals surface area contributed by atoms with Gasteiger partial charge in [-0.2, -0.15) is 5.10 Å². The number of rotatable bonds is 8. The van der Waals surface area contributed by atoms with Gasteiger partial charge in [0.2, 0.25) is 0 Å². The van der Waals surface area contributed by atoms with Crippen LogP contribution in [0, 0.1) is 0 Å². The Morgan fingerprint density at radius 3 is 2.00 bits per heavy atom. The number of hydrogen-bond donors (Lipinski definition) is 2. The van der Waals surface area contributed by atoms with Crippen molar-refractivity contribution < 1.29 is 24.2 Å². The molecule has 0 bridgehead atoms. The van der Waals surface area contributed by atoms with Crippen LogP contribution in [0.2, 0.25) is 0 Å². The lowest BCUT2D eigenvalue weighted by Gasteiger charge is -2.27. The van der Waals surface area contributed by atoms with Crippen LogP contribution in [-0.2, 0) is 19.9 Å². The fraction of sp³-hybridized carbons (Fsp3) is 0.125. The summed E-state index contributed by atoms with van der Waals surface area (Å²) in [5.74, 6) is -0.789. The Morgan fingerprint density at radius 1 is 1.00 bits per heavy atom. The van der Waals surface area contributed by atoms with Crippen LogP contribution < -0.4 is 10.2 Å². The van der Waals surface area contributed by atoms with Gasteiger partial charge in [-0.15, -0.1) is 0 Å². The largest absolute Gasteiger partial charge is 0.480 e. The molecule has 3 aromatic carbocycles. The molecule has 0 spiro atoms. The van der Waals surface area contributed by atoms with Crippen molar-refractivity contribution in [2.45, 2.75) is 5.60 Å². The molecule has 0 aliphatic heterocycles. The molecule has 0 saturated carbocycles. The van der Waals surface area contributed by atoms with Gasteiger partial charge in [0.15, 0.2) is 12.2 Å². The zero-order valence-corrected chi connectivity index (χ0v) is 20.7. The van der Waals surface area contributed by atoms with Crippen molar-refractivity contribution >= 4 is 50.0 Å². The number of benzene rings is 3. The number of carbonyl (C=O) groups excluding carboxylic acids is 2. The summed E-state index contributed by atoms with van der Waals surface area (Å²) < 4.78 is 11.1. The summed E-state index contributed by atoms with van der Waals surface area (Å²) in [6.07, 6.45) is 1.42. The van der Waals surface area contributed by atoms with Gasteiger partial charge in [0.25, 0.3) is 5.91 Å². The minimum Gasteiger partial charge on any atom is -0.480 e. The van der Waals surface area contributed by atoms with E-state index in [0.29, 0.717) is 31.4 Å². The highest BCUT2D eigenvalue weighted by Gasteiger charge is 2.39. The van der Waals surface area contributed by atoms with E-state index >= 15 is 0 Å². The van der Waals surface area contributed by atoms with Gasteiger partial charge >= 0.3 is 5.97 Å². The molecule has 1 amide bonds. The van der Waals surface area contributed by atoms with E-state index in [1.165, 1.54) is 13.3 Å². The molecule has 0 aliphatic carbocycles. The zero-order valence-electron chi connectivity index (χ0n) is 17.5. The fourth-order valence-electron chi connectivity index (χ4n) is 3.02. The number of esters is 1. The Morgan fingerprint density at radius 2 is 1.52 bits per heavy atom. The topological polar surface area (TPSA) is 97.2 Å². The summed E-state index contributed by atoms with van der Waals surface area (Å²) >= 11 is 6.78. The Hall–Kier alpha value is -3.01. The van der Waals surface area contributed by atoms with E-state index in [2.05, 4.69) is 47.1 Å². The molecule has 7 nitrogen and oxygen atoms in total. The minimum absolute atomic E-state index is 0.241. The summed E-state index contributed by atoms with van der Waals surface area (Å²) in [5.41, 5.74) is 1.97. The number of amides is 1. The van der Waals surface area contributed by atoms with Crippen LogP contribution >= 0.6 is 31.9 Å². The van der Waals surface area contributed by atoms with Crippen LogP contribution in [0.5, 0.6) is 5.75 Å². The van der Waals surface area contributed by atoms with Crippen molar-refractivity contribution in [3.8, 4) is 5.75 Å². The molecule has 0 fully saturated rings. The summed E-state index contributed by atoms with van der Waals surface area (Å²) in [7, 11) is 1.28. The van der Waals surface area contributed by atoms with Crippen LogP contribution in [0.25, 0.3) is 0 Å². The summed E-state index contributed by atoms with van der Waals surface area (Å²) in [4.78, 5) is 24.4. The van der Waals surface area contributed by atoms with Crippen LogP contribution in [-0.4, -0.2) is 36.9 Å². The molecule has 0 heterocycles. The highest BCUT2D eigenvalue weighted by molar-refractivity contribution is 9.11. The van der Waals surface area contributed by atoms with E-state index in [1.54, 1.807) is 72.8 Å². The van der Waals surface area contributed by atoms with Gasteiger partial charge in [0, 0.05) is 0 Å². The van der Waals surface area contributed by atoms with E-state index in [1.807, 2.05) is 0 Å². The van der Waals surface area contributed by atoms with E-state index in [4.69, 9.17) is 4.74 Å². The van der Waals surface area contributed by atoms with Gasteiger partial charge in [-0.25, -0.2) is 10.2 Å². The average Bonchev–Trinajstić information content (AvgIpc) is 2.83. The standard InChI is InChI=1S/C24H20Br2N2O5/c1-32-21(29)15-33-22-19(25)12-16(13-20(22)26)14-27-28-23(30)24(31,17-8-4-2-5-9-17)18-10-6-3-7-11-18/h2-14,31H,15H2,1H3,(H,28,30). The molecule has 2 N–H and O–H groups in total. The molecule has 0 aromatic heterocycles. The second-order valence-electron chi connectivity index (χ2n) is 6.82. The number of ether oxygens (including phenoxy) is 2. The van der Waals surface area contributed by atoms with E-state index in [-0.39, 0.29) is 6.61 Å². The second kappa shape index (κ2) is 11.2. The number of halogens is 2. The maximum absolute atomic E-state index is 13.1. The molecule has 3 rings (SSSR count).